The van der Waals surface area contributed by atoms with E-state index in [0.29, 0.717) is 48.3 Å². The number of aromatic nitrogens is 1. The van der Waals surface area contributed by atoms with Crippen molar-refractivity contribution < 1.29 is 14.3 Å². The second-order valence-electron chi connectivity index (χ2n) is 8.70. The van der Waals surface area contributed by atoms with E-state index in [1.807, 2.05) is 48.5 Å². The quantitative estimate of drug-likeness (QED) is 0.495. The molecular weight excluding hydrogens is 476 g/mol. The maximum absolute atomic E-state index is 13.6. The summed E-state index contributed by atoms with van der Waals surface area (Å²) in [4.78, 5) is 32.4. The van der Waals surface area contributed by atoms with Crippen molar-refractivity contribution in [3.8, 4) is 5.75 Å². The summed E-state index contributed by atoms with van der Waals surface area (Å²) in [7, 11) is 0. The van der Waals surface area contributed by atoms with Gasteiger partial charge in [-0.15, -0.1) is 0 Å². The van der Waals surface area contributed by atoms with Crippen molar-refractivity contribution in [1.82, 2.24) is 15.2 Å². The zero-order valence-corrected chi connectivity index (χ0v) is 21.0. The van der Waals surface area contributed by atoms with Gasteiger partial charge < -0.3 is 20.3 Å². The zero-order valence-electron chi connectivity index (χ0n) is 20.2. The molecule has 0 bridgehead atoms. The van der Waals surface area contributed by atoms with Gasteiger partial charge in [-0.1, -0.05) is 54.8 Å². The number of para-hydroxylation sites is 2. The first-order valence-corrected chi connectivity index (χ1v) is 12.7. The molecule has 1 aliphatic rings. The second kappa shape index (κ2) is 12.9. The molecule has 2 aromatic carbocycles. The molecule has 1 aliphatic heterocycles. The number of ether oxygens (including phenoxy) is 1. The van der Waals surface area contributed by atoms with Crippen molar-refractivity contribution in [3.05, 3.63) is 83.0 Å². The van der Waals surface area contributed by atoms with Crippen molar-refractivity contribution in [3.63, 3.8) is 0 Å². The van der Waals surface area contributed by atoms with Crippen molar-refractivity contribution >= 4 is 34.9 Å². The van der Waals surface area contributed by atoms with Crippen LogP contribution in [0.3, 0.4) is 0 Å². The van der Waals surface area contributed by atoms with E-state index in [0.717, 1.165) is 36.9 Å². The fourth-order valence-corrected chi connectivity index (χ4v) is 4.36. The van der Waals surface area contributed by atoms with Crippen LogP contribution >= 0.6 is 11.6 Å². The number of carbonyl (C=O) groups excluding carboxylic acids is 2. The molecule has 1 aromatic heterocycles. The lowest BCUT2D eigenvalue weighted by molar-refractivity contribution is -0.121. The van der Waals surface area contributed by atoms with Crippen LogP contribution < -0.4 is 15.4 Å². The van der Waals surface area contributed by atoms with Crippen molar-refractivity contribution in [1.29, 1.82) is 0 Å². The van der Waals surface area contributed by atoms with Gasteiger partial charge in [0, 0.05) is 24.3 Å². The minimum absolute atomic E-state index is 0.0185. The average Bonchev–Trinajstić information content (AvgIpc) is 2.89. The van der Waals surface area contributed by atoms with Crippen molar-refractivity contribution in [2.45, 2.75) is 32.1 Å². The highest BCUT2D eigenvalue weighted by atomic mass is 35.5. The number of benzene rings is 2. The molecule has 0 atom stereocenters. The predicted molar refractivity (Wildman–Crippen MR) is 142 cm³/mol. The number of anilines is 2. The number of rotatable bonds is 5. The third-order valence-electron chi connectivity index (χ3n) is 6.05. The summed E-state index contributed by atoms with van der Waals surface area (Å²) in [5.74, 6) is 0.712. The number of hydrogen-bond donors (Lipinski definition) is 2. The van der Waals surface area contributed by atoms with Crippen LogP contribution in [0.1, 0.15) is 41.6 Å². The summed E-state index contributed by atoms with van der Waals surface area (Å²) >= 11 is 6.22. The van der Waals surface area contributed by atoms with Gasteiger partial charge in [0.25, 0.3) is 5.91 Å². The normalized spacial score (nSPS) is 14.5. The summed E-state index contributed by atoms with van der Waals surface area (Å²) < 4.78 is 5.98. The maximum atomic E-state index is 13.6. The molecule has 2 heterocycles. The Kier molecular flexibility index (Phi) is 9.16. The Hall–Kier alpha value is -3.58. The third kappa shape index (κ3) is 6.98. The lowest BCUT2D eigenvalue weighted by atomic mass is 10.1. The molecule has 2 N–H and O–H groups in total. The van der Waals surface area contributed by atoms with Crippen LogP contribution in [0.2, 0.25) is 5.02 Å². The van der Waals surface area contributed by atoms with Crippen LogP contribution in [0.25, 0.3) is 0 Å². The van der Waals surface area contributed by atoms with E-state index in [1.54, 1.807) is 23.2 Å². The van der Waals surface area contributed by atoms with Gasteiger partial charge >= 0.3 is 0 Å². The standard InChI is InChI=1S/C28H31ClN4O3/c29-23-12-4-3-10-21(23)15-17-30-26(34)20-33-18-7-1-2-8-19-36-25-14-6-5-13-24(25)32-27-22(28(33)35)11-9-16-31-27/h3-6,9-14,16H,1-2,7-8,15,17-20H2,(H,30,34)(H,31,32). The van der Waals surface area contributed by atoms with Gasteiger partial charge in [-0.3, -0.25) is 9.59 Å². The lowest BCUT2D eigenvalue weighted by Crippen LogP contribution is -2.42. The molecule has 0 saturated heterocycles. The average molecular weight is 507 g/mol. The van der Waals surface area contributed by atoms with Gasteiger partial charge in [0.2, 0.25) is 5.91 Å². The van der Waals surface area contributed by atoms with Gasteiger partial charge in [0.15, 0.2) is 0 Å². The van der Waals surface area contributed by atoms with Gasteiger partial charge in [-0.25, -0.2) is 4.98 Å². The number of nitrogens with zero attached hydrogens (tertiary/aromatic N) is 2. The summed E-state index contributed by atoms with van der Waals surface area (Å²) in [6.07, 6.45) is 5.91. The van der Waals surface area contributed by atoms with E-state index in [4.69, 9.17) is 16.3 Å². The van der Waals surface area contributed by atoms with Crippen LogP contribution in [0.5, 0.6) is 5.75 Å². The minimum atomic E-state index is -0.234. The van der Waals surface area contributed by atoms with Crippen molar-refractivity contribution in [2.75, 3.05) is 31.6 Å². The lowest BCUT2D eigenvalue weighted by Gasteiger charge is -2.24. The minimum Gasteiger partial charge on any atom is -0.491 e. The first kappa shape index (κ1) is 25.5. The SMILES string of the molecule is O=C(CN1CCCCCCOc2ccccc2Nc2ncccc2C1=O)NCCc1ccccc1Cl. The molecule has 7 nitrogen and oxygen atoms in total. The monoisotopic (exact) mass is 506 g/mol. The number of nitrogens with one attached hydrogen (secondary N) is 2. The summed E-state index contributed by atoms with van der Waals surface area (Å²) in [5.41, 5.74) is 2.13. The molecule has 36 heavy (non-hydrogen) atoms. The van der Waals surface area contributed by atoms with Gasteiger partial charge in [-0.05, 0) is 55.2 Å². The molecule has 188 valence electrons. The van der Waals surface area contributed by atoms with Gasteiger partial charge in [-0.2, -0.15) is 0 Å². The second-order valence-corrected chi connectivity index (χ2v) is 9.11. The molecule has 0 radical (unpaired) electrons. The first-order chi connectivity index (χ1) is 17.6. The van der Waals surface area contributed by atoms with Crippen molar-refractivity contribution in [2.24, 2.45) is 0 Å². The predicted octanol–water partition coefficient (Wildman–Crippen LogP) is 5.23. The molecule has 8 heteroatoms. The van der Waals surface area contributed by atoms with E-state index in [-0.39, 0.29) is 18.4 Å². The Morgan fingerprint density at radius 3 is 2.72 bits per heavy atom. The topological polar surface area (TPSA) is 83.6 Å². The summed E-state index contributed by atoms with van der Waals surface area (Å²) in [6, 6.07) is 18.7. The molecule has 0 spiro atoms. The van der Waals surface area contributed by atoms with Crippen LogP contribution in [-0.2, 0) is 11.2 Å². The summed E-state index contributed by atoms with van der Waals surface area (Å²) in [6.45, 7) is 1.53. The van der Waals surface area contributed by atoms with E-state index in [1.165, 1.54) is 0 Å². The number of amides is 2. The Morgan fingerprint density at radius 2 is 1.83 bits per heavy atom. The molecule has 0 aliphatic carbocycles. The fraction of sp³-hybridized carbons (Fsp3) is 0.321. The Labute approximate surface area is 216 Å². The molecule has 2 amide bonds. The smallest absolute Gasteiger partial charge is 0.258 e. The molecular formula is C28H31ClN4O3. The molecule has 0 unspecified atom stereocenters. The Morgan fingerprint density at radius 1 is 1.03 bits per heavy atom. The van der Waals surface area contributed by atoms with E-state index < -0.39 is 0 Å². The Bertz CT molecular complexity index is 1190. The Balaban J connectivity index is 1.49. The summed E-state index contributed by atoms with van der Waals surface area (Å²) in [5, 5.41) is 6.87. The third-order valence-corrected chi connectivity index (χ3v) is 6.42. The van der Waals surface area contributed by atoms with Gasteiger partial charge in [0.05, 0.1) is 24.4 Å². The van der Waals surface area contributed by atoms with Crippen LogP contribution in [0.15, 0.2) is 66.9 Å². The highest BCUT2D eigenvalue weighted by Crippen LogP contribution is 2.29. The van der Waals surface area contributed by atoms with Crippen LogP contribution in [-0.4, -0.2) is 47.9 Å². The van der Waals surface area contributed by atoms with Crippen LogP contribution in [0, 0.1) is 0 Å². The molecule has 0 fully saturated rings. The zero-order chi connectivity index (χ0) is 25.2. The maximum Gasteiger partial charge on any atom is 0.258 e. The van der Waals surface area contributed by atoms with E-state index in [9.17, 15) is 9.59 Å². The first-order valence-electron chi connectivity index (χ1n) is 12.3. The van der Waals surface area contributed by atoms with E-state index >= 15 is 0 Å². The number of carbonyl (C=O) groups is 2. The number of pyridine rings is 1. The van der Waals surface area contributed by atoms with E-state index in [2.05, 4.69) is 15.6 Å². The molecule has 4 rings (SSSR count). The fourth-order valence-electron chi connectivity index (χ4n) is 4.13. The molecule has 3 aromatic rings. The van der Waals surface area contributed by atoms with Crippen LogP contribution in [0.4, 0.5) is 11.5 Å². The molecule has 0 saturated carbocycles. The highest BCUT2D eigenvalue weighted by Gasteiger charge is 2.22. The number of hydrogen-bond acceptors (Lipinski definition) is 5. The highest BCUT2D eigenvalue weighted by molar-refractivity contribution is 6.31. The number of halogens is 1. The van der Waals surface area contributed by atoms with Gasteiger partial charge in [0.1, 0.15) is 11.6 Å². The largest absolute Gasteiger partial charge is 0.491 e. The number of fused-ring (bicyclic) bond motifs is 2.